The maximum absolute atomic E-state index is 0. The van der Waals surface area contributed by atoms with Crippen LogP contribution in [-0.2, 0) is 0 Å². The first-order chi connectivity index (χ1) is 0. The molecule has 0 aromatic heterocycles. The predicted octanol–water partition coefficient (Wildman–Crippen LogP) is 0. The smallest absolute Gasteiger partial charge is 0 e. The standard InChI is InChI=1S/54Rf. The monoisotopic (exact) mass is 14400 g/mol. The fraction of sp³-hybridized carbons (Fsp3) is 0. The van der Waals surface area contributed by atoms with E-state index >= 15 is 0 Å². The fourth-order valence-corrected chi connectivity index (χ4v) is 0. The van der Waals surface area contributed by atoms with Crippen LogP contribution in [0.5, 0.6) is 0 Å². The molecule has 54 heteroatoms. The Labute approximate surface area is 0 Å². The molecule has 0 aliphatic carbocycles. The van der Waals surface area contributed by atoms with E-state index in [1.807, 2.05) is 0 Å². The molecule has 0 bridgehead atoms. The fourth-order valence-electron chi connectivity index (χ4n) is 0. The van der Waals surface area contributed by atoms with Crippen molar-refractivity contribution in [2.45, 2.75) is 0 Å². The molecule has 0 radical (unpaired) electrons. The Balaban J connectivity index is 0. The molecule has 0 aliphatic rings. The van der Waals surface area contributed by atoms with Gasteiger partial charge in [0, 0.05) is 0 Å². The van der Waals surface area contributed by atoms with E-state index in [2.05, 4.69) is 0 Å². The average Bonchev–Trinajstić information content (AvgIpc) is 0. The van der Waals surface area contributed by atoms with Gasteiger partial charge in [0.2, 0.25) is 0 Å². The molecule has 54 heavy (non-hydrogen) atoms. The molecule has 0 spiro atoms. The van der Waals surface area contributed by atoms with Crippen LogP contribution in [0.1, 0.15) is 0 Å². The molecule has 0 saturated heterocycles. The summed E-state index contributed by atoms with van der Waals surface area (Å²) < 4.78 is 0. The molecule has 0 nitrogen and oxygen atoms in total. The molecule has 108 valence electrons. The Bertz CT molecular complexity index is 0. The summed E-state index contributed by atoms with van der Waals surface area (Å²) in [4.78, 5) is 0. The molecule has 0 atom stereocenters. The minimum absolute atomic E-state index is 0. The van der Waals surface area contributed by atoms with Crippen LogP contribution in [0.4, 0.5) is 0 Å². The quantitative estimate of drug-likeness (QED) is 0.321. The Hall–Kier alpha value is -54.0. The summed E-state index contributed by atoms with van der Waals surface area (Å²) in [6.07, 6.45) is 0. The van der Waals surface area contributed by atoms with E-state index in [4.69, 9.17) is 0 Å². The van der Waals surface area contributed by atoms with Crippen molar-refractivity contribution in [3.63, 3.8) is 0 Å². The third-order valence-corrected chi connectivity index (χ3v) is 0. The van der Waals surface area contributed by atoms with Gasteiger partial charge in [0.05, 0.1) is 0 Å². The number of hydrogen-bond acceptors (Lipinski definition) is 0. The van der Waals surface area contributed by atoms with Gasteiger partial charge in [0.15, 0.2) is 0 Å². The van der Waals surface area contributed by atoms with Crippen molar-refractivity contribution in [2.75, 3.05) is 0 Å². The third-order valence-electron chi connectivity index (χ3n) is 0. The Morgan fingerprint density at radius 2 is 0.0185 bits per heavy atom. The SMILES string of the molecule is [Rf].[Rf].[Rf].[Rf].[Rf].[Rf].[Rf].[Rf].[Rf].[Rf].[Rf].[Rf].[Rf].[Rf].[Rf].[Rf].[Rf].[Rf].[Rf].[Rf].[Rf].[Rf].[Rf].[Rf].[Rf].[Rf].[Rf].[Rf].[Rf].[Rf].[Rf].[Rf].[Rf].[Rf].[Rf].[Rf].[Rf].[Rf].[Rf].[Rf].[Rf].[Rf].[Rf].[Rf].[Rf].[Rf].[Rf].[Rf].[Rf].[Rf].[Rf].[Rf].[Rf].[Rf]. The second-order valence-corrected chi connectivity index (χ2v) is 0. The molecular formula is Rf54. The summed E-state index contributed by atoms with van der Waals surface area (Å²) in [5, 5.41) is 0. The van der Waals surface area contributed by atoms with Gasteiger partial charge >= 0.3 is 0 Å². The minimum atomic E-state index is 0. The van der Waals surface area contributed by atoms with Gasteiger partial charge in [-0.2, -0.15) is 0 Å². The first kappa shape index (κ1) is 0. The van der Waals surface area contributed by atoms with Crippen LogP contribution in [0.2, 0.25) is 0 Å². The molecular weight excluding hydrogens is 14400 g/mol. The number of hydrogen-bond donors (Lipinski definition) is 0. The summed E-state index contributed by atoms with van der Waals surface area (Å²) in [5.74, 6) is 0. The second kappa shape index (κ2) is -0.00137. The average molecular weight is 14400 g/mol. The van der Waals surface area contributed by atoms with E-state index in [1.165, 1.54) is 0 Å². The van der Waals surface area contributed by atoms with Crippen molar-refractivity contribution in [3.8, 4) is 0 Å². The molecule has 0 heterocycles. The van der Waals surface area contributed by atoms with Gasteiger partial charge in [-0.3, -0.25) is 0 Å². The molecule has 0 N–H and O–H groups in total. The second-order valence-electron chi connectivity index (χ2n) is 0. The van der Waals surface area contributed by atoms with Crippen LogP contribution < -0.4 is 0 Å². The summed E-state index contributed by atoms with van der Waals surface area (Å²) in [6.45, 7) is 0. The largest absolute Gasteiger partial charge is 0 e. The Kier molecular flexibility index (Phi) is 0. The van der Waals surface area contributed by atoms with Crippen molar-refractivity contribution < 1.29 is 0 Å². The topological polar surface area (TPSA) is 0 Å². The van der Waals surface area contributed by atoms with Crippen LogP contribution in [0.3, 0.4) is 0 Å². The molecule has 0 rings (SSSR count). The van der Waals surface area contributed by atoms with Crippen LogP contribution in [0, 0.1) is 0 Å². The molecule has 0 amide bonds. The van der Waals surface area contributed by atoms with Gasteiger partial charge in [-0.1, -0.05) is 0 Å². The maximum Gasteiger partial charge on any atom is 0 e. The molecule has 0 aromatic carbocycles. The van der Waals surface area contributed by atoms with E-state index in [9.17, 15) is 0 Å². The molecule has 0 aliphatic heterocycles. The molecule has 0 aromatic rings. The maximum atomic E-state index is 0. The zero-order valence-corrected chi connectivity index (χ0v) is 384. The van der Waals surface area contributed by atoms with Crippen molar-refractivity contribution >= 4 is 0 Å². The summed E-state index contributed by atoms with van der Waals surface area (Å²) in [7, 11) is 0. The van der Waals surface area contributed by atoms with Crippen molar-refractivity contribution in [3.05, 3.63) is 0 Å². The van der Waals surface area contributed by atoms with Gasteiger partial charge in [-0.15, -0.1) is 0 Å². The van der Waals surface area contributed by atoms with Crippen molar-refractivity contribution in [2.24, 2.45) is 0 Å². The molecule has 0 fully saturated rings. The van der Waals surface area contributed by atoms with Gasteiger partial charge in [-0.25, -0.2) is 0 Å². The zero-order chi connectivity index (χ0) is 0. The van der Waals surface area contributed by atoms with Crippen LogP contribution in [0.15, 0.2) is 0 Å². The Morgan fingerprint density at radius 3 is 0.0185 bits per heavy atom. The zero-order valence-electron chi connectivity index (χ0n) is 38.2. The summed E-state index contributed by atoms with van der Waals surface area (Å²) in [6, 6.07) is 0. The van der Waals surface area contributed by atoms with Gasteiger partial charge in [0.1, 0.15) is 0 Å². The number of rotatable bonds is 0. The van der Waals surface area contributed by atoms with E-state index < -0.39 is 0 Å². The van der Waals surface area contributed by atoms with E-state index in [1.54, 1.807) is 0 Å². The molecule has 0 saturated carbocycles. The Morgan fingerprint density at radius 1 is 0.0185 bits per heavy atom. The van der Waals surface area contributed by atoms with Crippen molar-refractivity contribution in [1.29, 1.82) is 0 Å². The first-order valence-corrected chi connectivity index (χ1v) is 0. The van der Waals surface area contributed by atoms with Crippen molar-refractivity contribution in [1.82, 2.24) is 0 Å². The normalized spacial score (nSPS) is 0. The summed E-state index contributed by atoms with van der Waals surface area (Å²) >= 11 is 0. The summed E-state index contributed by atoms with van der Waals surface area (Å²) in [5.41, 5.74) is 0. The van der Waals surface area contributed by atoms with Gasteiger partial charge < -0.3 is 0 Å². The van der Waals surface area contributed by atoms with Crippen LogP contribution in [-0.4, -0.2) is 0 Å². The van der Waals surface area contributed by atoms with E-state index in [-0.39, 0.29) is 0 Å². The van der Waals surface area contributed by atoms with Gasteiger partial charge in [0.25, 0.3) is 0 Å². The minimum Gasteiger partial charge on any atom is 0 e. The third kappa shape index (κ3) is -0.00617. The van der Waals surface area contributed by atoms with E-state index in [0.29, 0.717) is 0 Å². The van der Waals surface area contributed by atoms with Gasteiger partial charge in [-0.05, 0) is 0 Å². The predicted molar refractivity (Wildman–Crippen MR) is 0 cm³/mol. The molecule has 0 unspecified atom stereocenters. The van der Waals surface area contributed by atoms with Crippen LogP contribution in [0.25, 0.3) is 0 Å². The van der Waals surface area contributed by atoms with E-state index in [0.717, 1.165) is 0 Å². The van der Waals surface area contributed by atoms with Crippen LogP contribution >= 0.6 is 0 Å². The first-order valence-electron chi connectivity index (χ1n) is 0.